The van der Waals surface area contributed by atoms with Gasteiger partial charge in [-0.2, -0.15) is 22.0 Å². The average Bonchev–Trinajstić information content (AvgIpc) is 2.89. The van der Waals surface area contributed by atoms with Crippen LogP contribution in [0.25, 0.3) is 0 Å². The number of unbranched alkanes of at least 4 members (excludes halogenated alkanes) is 5. The first-order valence-corrected chi connectivity index (χ1v) is 15.2. The number of halogens is 5. The number of phenols is 2. The maximum absolute atomic E-state index is 13.1. The fourth-order valence-electron chi connectivity index (χ4n) is 5.76. The van der Waals surface area contributed by atoms with E-state index in [-0.39, 0.29) is 35.7 Å². The van der Waals surface area contributed by atoms with E-state index >= 15 is 0 Å². The summed E-state index contributed by atoms with van der Waals surface area (Å²) in [4.78, 5) is 12.5. The Hall–Kier alpha value is -2.49. The summed E-state index contributed by atoms with van der Waals surface area (Å²) in [5.74, 6) is -5.33. The predicted molar refractivity (Wildman–Crippen MR) is 150 cm³/mol. The van der Waals surface area contributed by atoms with Gasteiger partial charge in [0, 0.05) is 22.5 Å². The molecule has 3 atom stereocenters. The Balaban J connectivity index is 1.45. The van der Waals surface area contributed by atoms with Crippen LogP contribution in [0.3, 0.4) is 0 Å². The Labute approximate surface area is 242 Å². The zero-order valence-corrected chi connectivity index (χ0v) is 24.0. The number of carboxylic acids is 1. The van der Waals surface area contributed by atoms with Crippen molar-refractivity contribution in [1.82, 2.24) is 0 Å². The van der Waals surface area contributed by atoms with Crippen LogP contribution in [0.2, 0.25) is 0 Å². The summed E-state index contributed by atoms with van der Waals surface area (Å²) in [5.41, 5.74) is 2.21. The lowest BCUT2D eigenvalue weighted by Crippen LogP contribution is -2.36. The zero-order valence-electron chi connectivity index (χ0n) is 23.2. The second kappa shape index (κ2) is 14.1. The van der Waals surface area contributed by atoms with E-state index in [1.165, 1.54) is 5.56 Å². The smallest absolute Gasteiger partial charge is 0.453 e. The number of hydrogen-bond donors (Lipinski definition) is 3. The van der Waals surface area contributed by atoms with E-state index < -0.39 is 36.8 Å². The molecule has 1 heterocycles. The molecular weight excluding hydrogens is 563 g/mol. The first-order valence-electron chi connectivity index (χ1n) is 14.2. The Bertz CT molecular complexity index is 1140. The molecule has 2 aromatic rings. The number of carboxylic acid groups (broad SMARTS) is 1. The van der Waals surface area contributed by atoms with Crippen LogP contribution in [-0.2, 0) is 10.2 Å². The van der Waals surface area contributed by atoms with Crippen LogP contribution in [0.1, 0.15) is 94.6 Å². The van der Waals surface area contributed by atoms with Crippen LogP contribution in [0.4, 0.5) is 22.0 Å². The molecule has 0 unspecified atom stereocenters. The van der Waals surface area contributed by atoms with Crippen molar-refractivity contribution in [1.29, 1.82) is 0 Å². The molecule has 1 aliphatic heterocycles. The Morgan fingerprint density at radius 3 is 2.12 bits per heavy atom. The molecule has 10 heteroatoms. The number of rotatable bonds is 15. The van der Waals surface area contributed by atoms with E-state index in [1.54, 1.807) is 30.0 Å². The molecule has 0 fully saturated rings. The molecule has 41 heavy (non-hydrogen) atoms. The van der Waals surface area contributed by atoms with Gasteiger partial charge in [-0.3, -0.25) is 4.79 Å². The number of phenolic OH excluding ortho intramolecular Hbond substituents is 2. The molecule has 0 saturated heterocycles. The first-order chi connectivity index (χ1) is 19.2. The number of aliphatic carboxylic acids is 1. The van der Waals surface area contributed by atoms with Crippen molar-refractivity contribution in [3.8, 4) is 11.5 Å². The summed E-state index contributed by atoms with van der Waals surface area (Å²) >= 11 is 1.73. The summed E-state index contributed by atoms with van der Waals surface area (Å²) < 4.78 is 63.2. The molecular formula is C31H39F5O4S. The van der Waals surface area contributed by atoms with E-state index in [0.29, 0.717) is 6.42 Å². The molecule has 0 amide bonds. The van der Waals surface area contributed by atoms with Crippen LogP contribution in [0.15, 0.2) is 47.4 Å². The zero-order chi connectivity index (χ0) is 30.3. The Morgan fingerprint density at radius 1 is 0.902 bits per heavy atom. The highest BCUT2D eigenvalue weighted by Gasteiger charge is 2.56. The summed E-state index contributed by atoms with van der Waals surface area (Å²) in [6, 6.07) is 12.9. The third-order valence-electron chi connectivity index (χ3n) is 8.30. The molecule has 228 valence electrons. The lowest BCUT2D eigenvalue weighted by molar-refractivity contribution is -0.284. The lowest BCUT2D eigenvalue weighted by atomic mass is 9.68. The first kappa shape index (κ1) is 33.0. The highest BCUT2D eigenvalue weighted by atomic mass is 32.2. The lowest BCUT2D eigenvalue weighted by Gasteiger charge is -2.43. The summed E-state index contributed by atoms with van der Waals surface area (Å²) in [7, 11) is 0. The number of hydrogen-bond acceptors (Lipinski definition) is 4. The minimum atomic E-state index is -5.61. The molecule has 0 saturated carbocycles. The van der Waals surface area contributed by atoms with Crippen molar-refractivity contribution in [2.75, 3.05) is 5.75 Å². The van der Waals surface area contributed by atoms with Gasteiger partial charge in [-0.15, -0.1) is 11.8 Å². The minimum absolute atomic E-state index is 0.155. The van der Waals surface area contributed by atoms with E-state index in [0.717, 1.165) is 54.7 Å². The van der Waals surface area contributed by atoms with Crippen molar-refractivity contribution in [3.05, 3.63) is 53.6 Å². The number of fused-ring (bicyclic) bond motifs is 1. The largest absolute Gasteiger partial charge is 0.508 e. The number of alkyl halides is 5. The Kier molecular flexibility index (Phi) is 11.4. The van der Waals surface area contributed by atoms with Gasteiger partial charge in [0.05, 0.1) is 5.92 Å². The molecule has 0 aromatic heterocycles. The van der Waals surface area contributed by atoms with Gasteiger partial charge in [0.1, 0.15) is 11.5 Å². The normalized spacial score (nSPS) is 20.0. The molecule has 0 bridgehead atoms. The maximum atomic E-state index is 13.1. The quantitative estimate of drug-likeness (QED) is 0.140. The molecule has 3 rings (SSSR count). The third-order valence-corrected chi connectivity index (χ3v) is 9.71. The topological polar surface area (TPSA) is 77.8 Å². The summed E-state index contributed by atoms with van der Waals surface area (Å²) in [6.45, 7) is 2.25. The van der Waals surface area contributed by atoms with E-state index in [1.807, 2.05) is 24.3 Å². The molecule has 0 spiro atoms. The van der Waals surface area contributed by atoms with Crippen LogP contribution in [0.5, 0.6) is 11.5 Å². The second-order valence-electron chi connectivity index (χ2n) is 11.4. The van der Waals surface area contributed by atoms with E-state index in [9.17, 15) is 42.1 Å². The third kappa shape index (κ3) is 8.75. The van der Waals surface area contributed by atoms with Gasteiger partial charge in [-0.05, 0) is 67.0 Å². The summed E-state index contributed by atoms with van der Waals surface area (Å²) in [6.07, 6.45) is -1.32. The van der Waals surface area contributed by atoms with Crippen molar-refractivity contribution >= 4 is 17.7 Å². The van der Waals surface area contributed by atoms with Crippen LogP contribution >= 0.6 is 11.8 Å². The minimum Gasteiger partial charge on any atom is -0.508 e. The van der Waals surface area contributed by atoms with Crippen molar-refractivity contribution in [2.45, 2.75) is 106 Å². The highest BCUT2D eigenvalue weighted by Crippen LogP contribution is 2.52. The van der Waals surface area contributed by atoms with E-state index in [4.69, 9.17) is 0 Å². The van der Waals surface area contributed by atoms with Crippen LogP contribution < -0.4 is 0 Å². The van der Waals surface area contributed by atoms with E-state index in [2.05, 4.69) is 6.92 Å². The average molecular weight is 603 g/mol. The number of carbonyl (C=O) groups is 1. The van der Waals surface area contributed by atoms with Gasteiger partial charge < -0.3 is 15.3 Å². The Morgan fingerprint density at radius 2 is 1.49 bits per heavy atom. The van der Waals surface area contributed by atoms with Crippen LogP contribution in [0, 0.1) is 5.92 Å². The monoisotopic (exact) mass is 602 g/mol. The standard InChI is InChI=1S/C31H39F5O4S/c1-29(22-12-14-23(37)15-13-22)20-41-27-19-24(38)16-17-25(27)26(29)11-7-5-3-2-4-6-9-21(28(39)40)10-8-18-30(32,33)31(34,35)36/h12-17,19,21,26,37-38H,2-11,18,20H2,1H3,(H,39,40)/t21-,26+,29+/m0/s1. The highest BCUT2D eigenvalue weighted by molar-refractivity contribution is 7.99. The van der Waals surface area contributed by atoms with Gasteiger partial charge in [-0.25, -0.2) is 0 Å². The van der Waals surface area contributed by atoms with Crippen LogP contribution in [-0.4, -0.2) is 39.1 Å². The van der Waals surface area contributed by atoms with Crippen molar-refractivity contribution < 1.29 is 42.1 Å². The fourth-order valence-corrected chi connectivity index (χ4v) is 7.16. The van der Waals surface area contributed by atoms with Crippen molar-refractivity contribution in [2.24, 2.45) is 5.92 Å². The summed E-state index contributed by atoms with van der Waals surface area (Å²) in [5, 5.41) is 29.1. The molecule has 3 N–H and O–H groups in total. The second-order valence-corrected chi connectivity index (χ2v) is 12.4. The van der Waals surface area contributed by atoms with Gasteiger partial charge in [-0.1, -0.05) is 63.6 Å². The molecule has 4 nitrogen and oxygen atoms in total. The maximum Gasteiger partial charge on any atom is 0.453 e. The molecule has 2 aromatic carbocycles. The molecule has 0 aliphatic carbocycles. The van der Waals surface area contributed by atoms with Crippen molar-refractivity contribution in [3.63, 3.8) is 0 Å². The van der Waals surface area contributed by atoms with Gasteiger partial charge in [0.2, 0.25) is 0 Å². The van der Waals surface area contributed by atoms with Gasteiger partial charge in [0.15, 0.2) is 0 Å². The van der Waals surface area contributed by atoms with Gasteiger partial charge >= 0.3 is 18.1 Å². The SMILES string of the molecule is C[C@]1(c2ccc(O)cc2)CSc2cc(O)ccc2[C@H]1CCCCCCCC[C@@H](CCCC(F)(F)C(F)(F)F)C(=O)O. The fraction of sp³-hybridized carbons (Fsp3) is 0.581. The number of benzene rings is 2. The molecule has 1 aliphatic rings. The predicted octanol–water partition coefficient (Wildman–Crippen LogP) is 9.43. The number of thioether (sulfide) groups is 1. The van der Waals surface area contributed by atoms with Gasteiger partial charge in [0.25, 0.3) is 0 Å². The number of aromatic hydroxyl groups is 2. The molecule has 0 radical (unpaired) electrons.